The summed E-state index contributed by atoms with van der Waals surface area (Å²) < 4.78 is 0. The van der Waals surface area contributed by atoms with Gasteiger partial charge in [0.1, 0.15) is 0 Å². The summed E-state index contributed by atoms with van der Waals surface area (Å²) in [7, 11) is 2.48. The van der Waals surface area contributed by atoms with Gasteiger partial charge in [0.05, 0.1) is 15.6 Å². The molecule has 1 aromatic rings. The van der Waals surface area contributed by atoms with E-state index in [2.05, 4.69) is 9.24 Å². The summed E-state index contributed by atoms with van der Waals surface area (Å²) in [5.41, 5.74) is 0.361. The summed E-state index contributed by atoms with van der Waals surface area (Å²) >= 11 is 17.5. The van der Waals surface area contributed by atoms with Crippen LogP contribution in [0.2, 0.25) is 15.1 Å². The second-order valence-corrected chi connectivity index (χ2v) is 4.53. The minimum atomic E-state index is -0.0633. The minimum Gasteiger partial charge on any atom is -0.294 e. The largest absolute Gasteiger partial charge is 0.294 e. The number of ketones is 1. The van der Waals surface area contributed by atoms with Crippen molar-refractivity contribution in [1.29, 1.82) is 0 Å². The third-order valence-electron chi connectivity index (χ3n) is 1.66. The van der Waals surface area contributed by atoms with Gasteiger partial charge in [-0.1, -0.05) is 34.8 Å². The van der Waals surface area contributed by atoms with Gasteiger partial charge in [0, 0.05) is 30.3 Å². The van der Waals surface area contributed by atoms with E-state index in [1.165, 1.54) is 12.1 Å². The average molecular weight is 276 g/mol. The maximum absolute atomic E-state index is 11.6. The molecule has 1 nitrogen and oxygen atoms in total. The van der Waals surface area contributed by atoms with Crippen molar-refractivity contribution >= 4 is 68.7 Å². The second kappa shape index (κ2) is 7.18. The van der Waals surface area contributed by atoms with Gasteiger partial charge in [-0.05, 0) is 18.3 Å². The molecule has 15 heavy (non-hydrogen) atoms. The van der Waals surface area contributed by atoms with Gasteiger partial charge in [0.25, 0.3) is 0 Å². The van der Waals surface area contributed by atoms with Gasteiger partial charge >= 0.3 is 0 Å². The Kier molecular flexibility index (Phi) is 7.56. The molecule has 0 N–H and O–H groups in total. The number of benzene rings is 1. The molecule has 0 saturated heterocycles. The molecule has 0 aliphatic rings. The smallest absolute Gasteiger partial charge is 0.166 e. The molecule has 0 fully saturated rings. The van der Waals surface area contributed by atoms with Gasteiger partial charge in [-0.25, -0.2) is 0 Å². The van der Waals surface area contributed by atoms with Gasteiger partial charge in [-0.3, -0.25) is 4.79 Å². The maximum Gasteiger partial charge on any atom is 0.166 e. The van der Waals surface area contributed by atoms with E-state index in [9.17, 15) is 4.79 Å². The Morgan fingerprint density at radius 2 is 1.67 bits per heavy atom. The molecule has 6 heteroatoms. The first kappa shape index (κ1) is 15.8. The van der Waals surface area contributed by atoms with Crippen LogP contribution in [0, 0.1) is 0 Å². The first-order chi connectivity index (χ1) is 6.56. The molecule has 0 amide bonds. The quantitative estimate of drug-likeness (QED) is 0.467. The van der Waals surface area contributed by atoms with E-state index < -0.39 is 0 Å². The third kappa shape index (κ3) is 4.27. The summed E-state index contributed by atoms with van der Waals surface area (Å²) in [6, 6.07) is 3.04. The summed E-state index contributed by atoms with van der Waals surface area (Å²) in [6.07, 6.45) is 1.10. The number of carbonyl (C=O) groups excluding carboxylic acids is 1. The topological polar surface area (TPSA) is 17.1 Å². The Hall–Kier alpha value is 0.787. The van der Waals surface area contributed by atoms with Crippen molar-refractivity contribution in [2.45, 2.75) is 6.42 Å². The van der Waals surface area contributed by atoms with Crippen molar-refractivity contribution in [1.82, 2.24) is 0 Å². The first-order valence-electron chi connectivity index (χ1n) is 3.94. The molecule has 1 atom stereocenters. The summed E-state index contributed by atoms with van der Waals surface area (Å²) in [5.74, 6) is -0.0633. The Balaban J connectivity index is 0.00000196. The number of halogens is 3. The molecule has 0 spiro atoms. The van der Waals surface area contributed by atoms with Gasteiger partial charge in [0.15, 0.2) is 5.78 Å². The predicted octanol–water partition coefficient (Wildman–Crippen LogP) is 3.71. The number of Topliss-reactive ketones (excluding diaryl/α,β-unsaturated/α-hetero) is 1. The van der Waals surface area contributed by atoms with Crippen LogP contribution in [0.4, 0.5) is 0 Å². The van der Waals surface area contributed by atoms with Crippen molar-refractivity contribution in [3.8, 4) is 0 Å². The normalized spacial score (nSPS) is 9.60. The predicted molar refractivity (Wildman–Crippen MR) is 70.8 cm³/mol. The van der Waals surface area contributed by atoms with Crippen LogP contribution < -0.4 is 0 Å². The zero-order chi connectivity index (χ0) is 10.7. The van der Waals surface area contributed by atoms with Crippen LogP contribution in [0.1, 0.15) is 16.8 Å². The van der Waals surface area contributed by atoms with Crippen LogP contribution in [-0.4, -0.2) is 30.8 Å². The molecule has 0 aliphatic heterocycles. The third-order valence-corrected chi connectivity index (χ3v) is 2.76. The monoisotopic (exact) mass is 275 g/mol. The zero-order valence-corrected chi connectivity index (χ0v) is 11.6. The Morgan fingerprint density at radius 3 is 2.07 bits per heavy atom. The minimum absolute atomic E-state index is 0. The average Bonchev–Trinajstić information content (AvgIpc) is 2.01. The van der Waals surface area contributed by atoms with E-state index in [-0.39, 0.29) is 24.6 Å². The summed E-state index contributed by atoms with van der Waals surface area (Å²) in [6.45, 7) is 0. The molecular weight excluding hydrogens is 268 g/mol. The Morgan fingerprint density at radius 1 is 1.20 bits per heavy atom. The van der Waals surface area contributed by atoms with E-state index in [1.54, 1.807) is 0 Å². The molecule has 0 saturated carbocycles. The van der Waals surface area contributed by atoms with Crippen LogP contribution in [0.3, 0.4) is 0 Å². The van der Waals surface area contributed by atoms with E-state index >= 15 is 0 Å². The zero-order valence-electron chi connectivity index (χ0n) is 8.19. The molecule has 0 aromatic heterocycles. The summed E-state index contributed by atoms with van der Waals surface area (Å²) in [5, 5.41) is 1.05. The van der Waals surface area contributed by atoms with E-state index in [4.69, 9.17) is 34.8 Å². The second-order valence-electron chi connectivity index (χ2n) is 2.71. The van der Waals surface area contributed by atoms with Gasteiger partial charge in [0.2, 0.25) is 0 Å². The number of hydrogen-bond acceptors (Lipinski definition) is 1. The Bertz CT molecular complexity index is 347. The fraction of sp³-hybridized carbons (Fsp3) is 0.222. The number of rotatable bonds is 3. The van der Waals surface area contributed by atoms with Gasteiger partial charge in [-0.15, -0.1) is 9.24 Å². The molecule has 0 bridgehead atoms. The molecule has 0 aliphatic carbocycles. The van der Waals surface area contributed by atoms with Crippen LogP contribution in [-0.2, 0) is 0 Å². The van der Waals surface area contributed by atoms with Crippen molar-refractivity contribution in [2.24, 2.45) is 0 Å². The van der Waals surface area contributed by atoms with E-state index in [0.717, 1.165) is 0 Å². The van der Waals surface area contributed by atoms with Gasteiger partial charge in [-0.2, -0.15) is 0 Å². The molecule has 77 valence electrons. The van der Waals surface area contributed by atoms with Crippen LogP contribution in [0.15, 0.2) is 12.1 Å². The van der Waals surface area contributed by atoms with Crippen molar-refractivity contribution in [3.05, 3.63) is 32.8 Å². The molecular formula is C9H8Cl3LiOP. The molecule has 1 aromatic carbocycles. The van der Waals surface area contributed by atoms with Crippen LogP contribution in [0.25, 0.3) is 0 Å². The van der Waals surface area contributed by atoms with Crippen molar-refractivity contribution in [2.75, 3.05) is 6.16 Å². The fourth-order valence-electron chi connectivity index (χ4n) is 1.06. The van der Waals surface area contributed by atoms with Crippen molar-refractivity contribution in [3.63, 3.8) is 0 Å². The first-order valence-corrected chi connectivity index (χ1v) is 5.89. The molecule has 0 heterocycles. The molecule has 1 radical (unpaired) electrons. The van der Waals surface area contributed by atoms with Crippen LogP contribution in [0.5, 0.6) is 0 Å². The number of hydrogen-bond donors (Lipinski definition) is 0. The van der Waals surface area contributed by atoms with Gasteiger partial charge < -0.3 is 0 Å². The summed E-state index contributed by atoms with van der Waals surface area (Å²) in [4.78, 5) is 11.6. The Labute approximate surface area is 118 Å². The van der Waals surface area contributed by atoms with Crippen LogP contribution >= 0.6 is 44.0 Å². The number of carbonyl (C=O) groups is 1. The SMILES string of the molecule is O=C(CCP)c1c(Cl)cc(Cl)cc1Cl.[Li]. The molecule has 1 rings (SSSR count). The van der Waals surface area contributed by atoms with E-state index in [0.29, 0.717) is 33.2 Å². The molecule has 1 unspecified atom stereocenters. The standard InChI is InChI=1S/C9H8Cl3OP.Li/c10-5-3-6(11)9(7(12)4-5)8(13)1-2-14;/h3-4H,1-2,14H2;. The fourth-order valence-corrected chi connectivity index (χ4v) is 2.35. The van der Waals surface area contributed by atoms with E-state index in [1.807, 2.05) is 0 Å². The maximum atomic E-state index is 11.6. The van der Waals surface area contributed by atoms with Crippen molar-refractivity contribution < 1.29 is 4.79 Å².